The van der Waals surface area contributed by atoms with Crippen molar-refractivity contribution in [1.29, 1.82) is 0 Å². The van der Waals surface area contributed by atoms with Crippen LogP contribution in [0.4, 0.5) is 4.39 Å². The maximum atomic E-state index is 13.2. The average molecular weight is 445 g/mol. The van der Waals surface area contributed by atoms with Crippen molar-refractivity contribution in [1.82, 2.24) is 9.21 Å². The van der Waals surface area contributed by atoms with Crippen LogP contribution in [0.1, 0.15) is 48.9 Å². The van der Waals surface area contributed by atoms with Crippen LogP contribution < -0.4 is 0 Å². The Balaban J connectivity index is 1.39. The first kappa shape index (κ1) is 22.0. The predicted octanol–water partition coefficient (Wildman–Crippen LogP) is 3.93. The smallest absolute Gasteiger partial charge is 0.243 e. The van der Waals surface area contributed by atoms with Gasteiger partial charge in [0.05, 0.1) is 10.9 Å². The standard InChI is InChI=1S/C24H29FN2O3S/c1-17(18-6-9-22(25)10-7-18)26(2)24(28)20-12-14-27(15-13-20)31(29,30)23-11-8-19-4-3-5-21(19)16-23/h6-11,16-17,20H,3-5,12-15H2,1-2H3/t17-/m1/s1. The van der Waals surface area contributed by atoms with Crippen LogP contribution in [0.25, 0.3) is 0 Å². The fourth-order valence-corrected chi connectivity index (χ4v) is 6.17. The molecule has 0 saturated carbocycles. The number of nitrogens with zero attached hydrogens (tertiary/aromatic N) is 2. The zero-order chi connectivity index (χ0) is 22.2. The van der Waals surface area contributed by atoms with E-state index in [1.54, 1.807) is 30.1 Å². The van der Waals surface area contributed by atoms with Crippen LogP contribution in [0.3, 0.4) is 0 Å². The maximum absolute atomic E-state index is 13.2. The van der Waals surface area contributed by atoms with E-state index in [9.17, 15) is 17.6 Å². The zero-order valence-corrected chi connectivity index (χ0v) is 18.9. The molecule has 1 heterocycles. The fraction of sp³-hybridized carbons (Fsp3) is 0.458. The number of amides is 1. The summed E-state index contributed by atoms with van der Waals surface area (Å²) in [4.78, 5) is 15.1. The molecule has 31 heavy (non-hydrogen) atoms. The predicted molar refractivity (Wildman–Crippen MR) is 118 cm³/mol. The van der Waals surface area contributed by atoms with E-state index in [2.05, 4.69) is 0 Å². The summed E-state index contributed by atoms with van der Waals surface area (Å²) in [6.07, 6.45) is 4.05. The molecule has 2 aromatic rings. The summed E-state index contributed by atoms with van der Waals surface area (Å²) in [5.74, 6) is -0.507. The number of rotatable bonds is 5. The van der Waals surface area contributed by atoms with Gasteiger partial charge in [0, 0.05) is 26.1 Å². The second-order valence-electron chi connectivity index (χ2n) is 8.64. The molecule has 1 aliphatic carbocycles. The van der Waals surface area contributed by atoms with E-state index in [1.165, 1.54) is 22.0 Å². The van der Waals surface area contributed by atoms with Gasteiger partial charge in [-0.15, -0.1) is 0 Å². The number of carbonyl (C=O) groups is 1. The molecule has 2 aromatic carbocycles. The van der Waals surface area contributed by atoms with E-state index < -0.39 is 10.0 Å². The molecule has 1 fully saturated rings. The van der Waals surface area contributed by atoms with E-state index in [4.69, 9.17) is 0 Å². The van der Waals surface area contributed by atoms with Crippen LogP contribution in [0.15, 0.2) is 47.4 Å². The van der Waals surface area contributed by atoms with Crippen molar-refractivity contribution in [3.8, 4) is 0 Å². The normalized spacial score (nSPS) is 18.5. The Morgan fingerprint density at radius 1 is 1.06 bits per heavy atom. The number of sulfonamides is 1. The second kappa shape index (κ2) is 8.71. The number of benzene rings is 2. The SMILES string of the molecule is C[C@H](c1ccc(F)cc1)N(C)C(=O)C1CCN(S(=O)(=O)c2ccc3c(c2)CCC3)CC1. The van der Waals surface area contributed by atoms with Gasteiger partial charge in [-0.3, -0.25) is 4.79 Å². The minimum Gasteiger partial charge on any atom is -0.339 e. The van der Waals surface area contributed by atoms with Crippen LogP contribution in [-0.2, 0) is 27.7 Å². The number of fused-ring (bicyclic) bond motifs is 1. The molecule has 0 unspecified atom stereocenters. The molecule has 0 radical (unpaired) electrons. The molecule has 0 bridgehead atoms. The third kappa shape index (κ3) is 4.39. The summed E-state index contributed by atoms with van der Waals surface area (Å²) in [7, 11) is -1.79. The highest BCUT2D eigenvalue weighted by Crippen LogP contribution is 2.30. The van der Waals surface area contributed by atoms with Gasteiger partial charge in [-0.05, 0) is 80.0 Å². The summed E-state index contributed by atoms with van der Waals surface area (Å²) in [6, 6.07) is 11.5. The number of piperidine rings is 1. The Morgan fingerprint density at radius 2 is 1.71 bits per heavy atom. The Hall–Kier alpha value is -2.25. The van der Waals surface area contributed by atoms with E-state index in [-0.39, 0.29) is 23.7 Å². The molecule has 5 nitrogen and oxygen atoms in total. The minimum absolute atomic E-state index is 0.00593. The molecular formula is C24H29FN2O3S. The molecule has 0 N–H and O–H groups in total. The molecule has 2 aliphatic rings. The lowest BCUT2D eigenvalue weighted by atomic mass is 9.95. The van der Waals surface area contributed by atoms with Crippen LogP contribution in [-0.4, -0.2) is 43.7 Å². The summed E-state index contributed by atoms with van der Waals surface area (Å²) in [5, 5.41) is 0. The lowest BCUT2D eigenvalue weighted by Gasteiger charge is -2.34. The highest BCUT2D eigenvalue weighted by atomic mass is 32.2. The van der Waals surface area contributed by atoms with Crippen molar-refractivity contribution < 1.29 is 17.6 Å². The first-order valence-electron chi connectivity index (χ1n) is 10.9. The molecular weight excluding hydrogens is 415 g/mol. The third-order valence-corrected chi connectivity index (χ3v) is 8.69. The number of halogens is 1. The Morgan fingerprint density at radius 3 is 2.39 bits per heavy atom. The fourth-order valence-electron chi connectivity index (χ4n) is 4.64. The highest BCUT2D eigenvalue weighted by molar-refractivity contribution is 7.89. The summed E-state index contributed by atoms with van der Waals surface area (Å²) < 4.78 is 40.9. The number of hydrogen-bond donors (Lipinski definition) is 0. The van der Waals surface area contributed by atoms with Crippen LogP contribution in [0, 0.1) is 11.7 Å². The van der Waals surface area contributed by atoms with Gasteiger partial charge in [-0.1, -0.05) is 18.2 Å². The second-order valence-corrected chi connectivity index (χ2v) is 10.6. The lowest BCUT2D eigenvalue weighted by molar-refractivity contribution is -0.137. The minimum atomic E-state index is -3.54. The van der Waals surface area contributed by atoms with Gasteiger partial charge in [0.2, 0.25) is 15.9 Å². The molecule has 4 rings (SSSR count). The van der Waals surface area contributed by atoms with Crippen molar-refractivity contribution >= 4 is 15.9 Å². The highest BCUT2D eigenvalue weighted by Gasteiger charge is 2.34. The van der Waals surface area contributed by atoms with Gasteiger partial charge < -0.3 is 4.90 Å². The monoisotopic (exact) mass is 444 g/mol. The Bertz CT molecular complexity index is 1060. The summed E-state index contributed by atoms with van der Waals surface area (Å²) in [5.41, 5.74) is 3.26. The van der Waals surface area contributed by atoms with Gasteiger partial charge >= 0.3 is 0 Å². The maximum Gasteiger partial charge on any atom is 0.243 e. The molecule has 1 saturated heterocycles. The third-order valence-electron chi connectivity index (χ3n) is 6.79. The van der Waals surface area contributed by atoms with Gasteiger partial charge in [-0.25, -0.2) is 12.8 Å². The van der Waals surface area contributed by atoms with E-state index in [0.717, 1.165) is 30.4 Å². The van der Waals surface area contributed by atoms with Crippen molar-refractivity contribution in [3.05, 3.63) is 65.0 Å². The first-order chi connectivity index (χ1) is 14.8. The molecule has 1 aliphatic heterocycles. The number of hydrogen-bond acceptors (Lipinski definition) is 3. The van der Waals surface area contributed by atoms with Gasteiger partial charge in [0.25, 0.3) is 0 Å². The number of aryl methyl sites for hydroxylation is 2. The summed E-state index contributed by atoms with van der Waals surface area (Å²) >= 11 is 0. The topological polar surface area (TPSA) is 57.7 Å². The first-order valence-corrected chi connectivity index (χ1v) is 12.4. The van der Waals surface area contributed by atoms with Crippen LogP contribution in [0.5, 0.6) is 0 Å². The molecule has 1 amide bonds. The average Bonchev–Trinajstić information content (AvgIpc) is 3.26. The van der Waals surface area contributed by atoms with E-state index >= 15 is 0 Å². The van der Waals surface area contributed by atoms with Crippen molar-refractivity contribution in [2.45, 2.75) is 50.0 Å². The van der Waals surface area contributed by atoms with Crippen molar-refractivity contribution in [2.24, 2.45) is 5.92 Å². The largest absolute Gasteiger partial charge is 0.339 e. The van der Waals surface area contributed by atoms with Crippen LogP contribution in [0.2, 0.25) is 0 Å². The Labute approximate surface area is 183 Å². The van der Waals surface area contributed by atoms with Gasteiger partial charge in [-0.2, -0.15) is 4.31 Å². The van der Waals surface area contributed by atoms with E-state index in [0.29, 0.717) is 30.8 Å². The van der Waals surface area contributed by atoms with Crippen molar-refractivity contribution in [2.75, 3.05) is 20.1 Å². The molecule has 7 heteroatoms. The lowest BCUT2D eigenvalue weighted by Crippen LogP contribution is -2.44. The van der Waals surface area contributed by atoms with Crippen molar-refractivity contribution in [3.63, 3.8) is 0 Å². The summed E-state index contributed by atoms with van der Waals surface area (Å²) in [6.45, 7) is 2.60. The van der Waals surface area contributed by atoms with Gasteiger partial charge in [0.15, 0.2) is 0 Å². The molecule has 1 atom stereocenters. The number of carbonyl (C=O) groups excluding carboxylic acids is 1. The molecule has 0 aromatic heterocycles. The molecule has 0 spiro atoms. The van der Waals surface area contributed by atoms with Crippen LogP contribution >= 0.6 is 0 Å². The quantitative estimate of drug-likeness (QED) is 0.702. The van der Waals surface area contributed by atoms with Gasteiger partial charge in [0.1, 0.15) is 5.82 Å². The zero-order valence-electron chi connectivity index (χ0n) is 18.1. The Kier molecular flexibility index (Phi) is 6.17. The molecule has 166 valence electrons. The van der Waals surface area contributed by atoms with E-state index in [1.807, 2.05) is 19.1 Å².